The zero-order chi connectivity index (χ0) is 15.7. The van der Waals surface area contributed by atoms with Crippen LogP contribution in [0.1, 0.15) is 23.0 Å². The molecule has 0 unspecified atom stereocenters. The highest BCUT2D eigenvalue weighted by molar-refractivity contribution is 6.34. The Hall–Kier alpha value is -2.46. The van der Waals surface area contributed by atoms with E-state index in [1.807, 2.05) is 31.2 Å². The topological polar surface area (TPSA) is 52.1 Å². The lowest BCUT2D eigenvalue weighted by Crippen LogP contribution is -2.01. The number of hydrogen-bond donors (Lipinski definition) is 0. The van der Waals surface area contributed by atoms with Crippen LogP contribution >= 0.6 is 11.6 Å². The van der Waals surface area contributed by atoms with Gasteiger partial charge in [0.25, 0.3) is 0 Å². The van der Waals surface area contributed by atoms with E-state index in [0.717, 1.165) is 11.0 Å². The Labute approximate surface area is 132 Å². The minimum atomic E-state index is -0.160. The molecule has 0 aliphatic rings. The largest absolute Gasteiger partial charge is 0.436 e. The monoisotopic (exact) mass is 312 g/mol. The quantitative estimate of drug-likeness (QED) is 0.664. The normalized spacial score (nSPS) is 10.7. The molecule has 4 nitrogen and oxygen atoms in total. The van der Waals surface area contributed by atoms with Crippen molar-refractivity contribution in [2.45, 2.75) is 13.8 Å². The van der Waals surface area contributed by atoms with Gasteiger partial charge < -0.3 is 4.74 Å². The Morgan fingerprint density at radius 1 is 1.05 bits per heavy atom. The molecular formula is C17H13ClN2O2. The second-order valence-electron chi connectivity index (χ2n) is 4.87. The first-order valence-electron chi connectivity index (χ1n) is 6.77. The number of rotatable bonds is 3. The van der Waals surface area contributed by atoms with Gasteiger partial charge in [0.1, 0.15) is 11.4 Å². The number of Topliss-reactive ketones (excluding diaryl/α,β-unsaturated/α-hetero) is 1. The van der Waals surface area contributed by atoms with Gasteiger partial charge in [-0.1, -0.05) is 29.8 Å². The number of aromatic nitrogens is 2. The van der Waals surface area contributed by atoms with Crippen molar-refractivity contribution in [3.63, 3.8) is 0 Å². The first-order valence-corrected chi connectivity index (χ1v) is 7.15. The smallest absolute Gasteiger partial charge is 0.241 e. The summed E-state index contributed by atoms with van der Waals surface area (Å²) < 4.78 is 5.81. The fraction of sp³-hybridized carbons (Fsp3) is 0.118. The summed E-state index contributed by atoms with van der Waals surface area (Å²) in [6, 6.07) is 12.6. The molecule has 0 aliphatic carbocycles. The van der Waals surface area contributed by atoms with Gasteiger partial charge in [-0.2, -0.15) is 0 Å². The summed E-state index contributed by atoms with van der Waals surface area (Å²) >= 11 is 6.09. The summed E-state index contributed by atoms with van der Waals surface area (Å²) in [7, 11) is 0. The minimum Gasteiger partial charge on any atom is -0.436 e. The summed E-state index contributed by atoms with van der Waals surface area (Å²) in [6.07, 6.45) is 0. The summed E-state index contributed by atoms with van der Waals surface area (Å²) in [5.74, 6) is 0.586. The molecule has 5 heteroatoms. The van der Waals surface area contributed by atoms with E-state index in [0.29, 0.717) is 27.9 Å². The molecule has 0 bridgehead atoms. The molecule has 1 heterocycles. The van der Waals surface area contributed by atoms with Gasteiger partial charge in [0.05, 0.1) is 21.6 Å². The summed E-state index contributed by atoms with van der Waals surface area (Å²) in [5.41, 5.74) is 2.52. The molecule has 0 fully saturated rings. The first kappa shape index (κ1) is 14.5. The predicted octanol–water partition coefficient (Wildman–Crippen LogP) is 4.59. The van der Waals surface area contributed by atoms with E-state index < -0.39 is 0 Å². The van der Waals surface area contributed by atoms with Crippen molar-refractivity contribution < 1.29 is 9.53 Å². The molecule has 1 aromatic heterocycles. The second kappa shape index (κ2) is 5.73. The van der Waals surface area contributed by atoms with Crippen molar-refractivity contribution >= 4 is 28.4 Å². The molecule has 0 radical (unpaired) electrons. The Balaban J connectivity index is 2.09. The van der Waals surface area contributed by atoms with E-state index in [4.69, 9.17) is 16.3 Å². The van der Waals surface area contributed by atoms with Crippen LogP contribution in [0.5, 0.6) is 11.6 Å². The van der Waals surface area contributed by atoms with Crippen LogP contribution in [0.2, 0.25) is 5.02 Å². The van der Waals surface area contributed by atoms with Gasteiger partial charge in [-0.3, -0.25) is 4.79 Å². The number of carbonyl (C=O) groups excluding carboxylic acids is 1. The number of nitrogens with zero attached hydrogens (tertiary/aromatic N) is 2. The second-order valence-corrected chi connectivity index (χ2v) is 5.28. The van der Waals surface area contributed by atoms with Crippen LogP contribution in [0.25, 0.3) is 11.0 Å². The van der Waals surface area contributed by atoms with Crippen LogP contribution in [0.3, 0.4) is 0 Å². The fourth-order valence-electron chi connectivity index (χ4n) is 2.20. The van der Waals surface area contributed by atoms with Crippen LogP contribution in [0.4, 0.5) is 0 Å². The van der Waals surface area contributed by atoms with Crippen molar-refractivity contribution in [1.82, 2.24) is 9.97 Å². The Morgan fingerprint density at radius 2 is 1.73 bits per heavy atom. The van der Waals surface area contributed by atoms with Crippen molar-refractivity contribution in [2.75, 3.05) is 0 Å². The highest BCUT2D eigenvalue weighted by Gasteiger charge is 2.15. The molecule has 22 heavy (non-hydrogen) atoms. The van der Waals surface area contributed by atoms with Gasteiger partial charge in [-0.05, 0) is 38.1 Å². The molecule has 0 aliphatic heterocycles. The predicted molar refractivity (Wildman–Crippen MR) is 85.8 cm³/mol. The van der Waals surface area contributed by atoms with E-state index in [1.54, 1.807) is 18.2 Å². The van der Waals surface area contributed by atoms with Gasteiger partial charge in [0, 0.05) is 0 Å². The maximum Gasteiger partial charge on any atom is 0.241 e. The summed E-state index contributed by atoms with van der Waals surface area (Å²) in [5, 5.41) is 0.358. The van der Waals surface area contributed by atoms with Crippen LogP contribution < -0.4 is 4.74 Å². The molecule has 0 amide bonds. The van der Waals surface area contributed by atoms with Crippen molar-refractivity contribution in [3.8, 4) is 11.6 Å². The average molecular weight is 313 g/mol. The summed E-state index contributed by atoms with van der Waals surface area (Å²) in [6.45, 7) is 3.26. The molecular weight excluding hydrogens is 300 g/mol. The number of carbonyl (C=O) groups is 1. The number of ketones is 1. The molecule has 0 saturated heterocycles. The minimum absolute atomic E-state index is 0.160. The Kier molecular flexibility index (Phi) is 3.77. The van der Waals surface area contributed by atoms with Gasteiger partial charge in [-0.25, -0.2) is 9.97 Å². The third-order valence-corrected chi connectivity index (χ3v) is 3.55. The third-order valence-electron chi connectivity index (χ3n) is 3.24. The average Bonchev–Trinajstić information content (AvgIpc) is 2.47. The number of para-hydroxylation sites is 2. The van der Waals surface area contributed by atoms with Crippen LogP contribution in [-0.4, -0.2) is 15.8 Å². The summed E-state index contributed by atoms with van der Waals surface area (Å²) in [4.78, 5) is 20.7. The molecule has 0 spiro atoms. The number of benzene rings is 2. The number of halogens is 1. The van der Waals surface area contributed by atoms with E-state index in [-0.39, 0.29) is 5.78 Å². The van der Waals surface area contributed by atoms with E-state index >= 15 is 0 Å². The highest BCUT2D eigenvalue weighted by atomic mass is 35.5. The van der Waals surface area contributed by atoms with Gasteiger partial charge in [0.2, 0.25) is 5.88 Å². The number of ether oxygens (including phenoxy) is 1. The van der Waals surface area contributed by atoms with E-state index in [1.165, 1.54) is 6.92 Å². The molecule has 110 valence electrons. The van der Waals surface area contributed by atoms with Crippen LogP contribution in [0.15, 0.2) is 42.5 Å². The van der Waals surface area contributed by atoms with Crippen molar-refractivity contribution in [2.24, 2.45) is 0 Å². The van der Waals surface area contributed by atoms with Crippen LogP contribution in [-0.2, 0) is 0 Å². The van der Waals surface area contributed by atoms with Gasteiger partial charge in [-0.15, -0.1) is 0 Å². The molecule has 2 aromatic carbocycles. The lowest BCUT2D eigenvalue weighted by molar-refractivity contribution is 0.101. The maximum absolute atomic E-state index is 11.8. The molecule has 0 atom stereocenters. The first-order chi connectivity index (χ1) is 10.6. The highest BCUT2D eigenvalue weighted by Crippen LogP contribution is 2.31. The zero-order valence-corrected chi connectivity index (χ0v) is 12.9. The molecule has 3 rings (SSSR count). The van der Waals surface area contributed by atoms with Crippen molar-refractivity contribution in [1.29, 1.82) is 0 Å². The molecule has 0 saturated carbocycles. The fourth-order valence-corrected chi connectivity index (χ4v) is 2.50. The number of aryl methyl sites for hydroxylation is 1. The van der Waals surface area contributed by atoms with Crippen molar-refractivity contribution in [3.05, 3.63) is 58.7 Å². The van der Waals surface area contributed by atoms with E-state index in [2.05, 4.69) is 9.97 Å². The Bertz CT molecular complexity index is 878. The third kappa shape index (κ3) is 2.65. The Morgan fingerprint density at radius 3 is 2.41 bits per heavy atom. The lowest BCUT2D eigenvalue weighted by Gasteiger charge is -2.12. The maximum atomic E-state index is 11.8. The van der Waals surface area contributed by atoms with Gasteiger partial charge >= 0.3 is 0 Å². The number of hydrogen-bond acceptors (Lipinski definition) is 4. The van der Waals surface area contributed by atoms with E-state index in [9.17, 15) is 4.79 Å². The standard InChI is InChI=1S/C17H13ClN2O2/c1-10-17(20-14-8-4-3-7-13(14)19-10)22-15-9-5-6-12(18)16(15)11(2)21/h3-9H,1-2H3. The lowest BCUT2D eigenvalue weighted by atomic mass is 10.1. The van der Waals surface area contributed by atoms with Gasteiger partial charge in [0.15, 0.2) is 5.78 Å². The molecule has 3 aromatic rings. The SMILES string of the molecule is CC(=O)c1c(Cl)cccc1Oc1nc2ccccc2nc1C. The van der Waals surface area contributed by atoms with Crippen LogP contribution in [0, 0.1) is 6.92 Å². The zero-order valence-electron chi connectivity index (χ0n) is 12.1. The molecule has 0 N–H and O–H groups in total. The number of fused-ring (bicyclic) bond motifs is 1.